The zero-order valence-corrected chi connectivity index (χ0v) is 12.3. The molecule has 1 aromatic rings. The van der Waals surface area contributed by atoms with Gasteiger partial charge in [-0.3, -0.25) is 4.90 Å². The number of benzene rings is 1. The Hall–Kier alpha value is -1.04. The number of nitrogens with zero attached hydrogens (tertiary/aromatic N) is 2. The summed E-state index contributed by atoms with van der Waals surface area (Å²) in [5.74, 6) is -0.331. The van der Waals surface area contributed by atoms with E-state index in [1.165, 1.54) is 6.07 Å². The van der Waals surface area contributed by atoms with Crippen LogP contribution in [0.1, 0.15) is 18.5 Å². The van der Waals surface area contributed by atoms with Crippen molar-refractivity contribution in [2.24, 2.45) is 11.7 Å². The molecule has 0 amide bonds. The molecule has 0 bridgehead atoms. The summed E-state index contributed by atoms with van der Waals surface area (Å²) in [5, 5.41) is 0. The maximum Gasteiger partial charge on any atom is 0.128 e. The van der Waals surface area contributed by atoms with Gasteiger partial charge in [0, 0.05) is 37.3 Å². The highest BCUT2D eigenvalue weighted by Crippen LogP contribution is 2.23. The highest BCUT2D eigenvalue weighted by molar-refractivity contribution is 5.22. The molecule has 112 valence electrons. The number of rotatable bonds is 4. The quantitative estimate of drug-likeness (QED) is 0.915. The van der Waals surface area contributed by atoms with Crippen molar-refractivity contribution in [3.8, 4) is 0 Å². The first kappa shape index (κ1) is 15.4. The molecular formula is C15H23F2N3. The largest absolute Gasteiger partial charge is 0.323 e. The molecule has 1 heterocycles. The summed E-state index contributed by atoms with van der Waals surface area (Å²) in [7, 11) is 4.13. The molecule has 0 aliphatic carbocycles. The summed E-state index contributed by atoms with van der Waals surface area (Å²) in [6, 6.07) is 3.44. The van der Waals surface area contributed by atoms with Gasteiger partial charge in [-0.15, -0.1) is 0 Å². The van der Waals surface area contributed by atoms with Crippen molar-refractivity contribution in [2.45, 2.75) is 19.0 Å². The fourth-order valence-electron chi connectivity index (χ4n) is 3.04. The SMILES string of the molecule is CC1CN(CC(N)c2cc(F)ccc2F)CC1N(C)C. The van der Waals surface area contributed by atoms with Crippen molar-refractivity contribution in [2.75, 3.05) is 33.7 Å². The molecule has 2 N–H and O–H groups in total. The van der Waals surface area contributed by atoms with Gasteiger partial charge in [0.15, 0.2) is 0 Å². The molecule has 1 saturated heterocycles. The highest BCUT2D eigenvalue weighted by atomic mass is 19.1. The van der Waals surface area contributed by atoms with Gasteiger partial charge < -0.3 is 10.6 Å². The van der Waals surface area contributed by atoms with Crippen LogP contribution < -0.4 is 5.73 Å². The maximum absolute atomic E-state index is 13.7. The predicted molar refractivity (Wildman–Crippen MR) is 76.4 cm³/mol. The number of hydrogen-bond acceptors (Lipinski definition) is 3. The van der Waals surface area contributed by atoms with Crippen LogP contribution in [0.25, 0.3) is 0 Å². The molecule has 1 aromatic carbocycles. The minimum Gasteiger partial charge on any atom is -0.323 e. The average molecular weight is 283 g/mol. The van der Waals surface area contributed by atoms with E-state index in [0.29, 0.717) is 18.5 Å². The molecule has 1 fully saturated rings. The second kappa shape index (κ2) is 6.16. The Morgan fingerprint density at radius 3 is 2.65 bits per heavy atom. The number of likely N-dealkylation sites (N-methyl/N-ethyl adjacent to an activating group) is 1. The normalized spacial score (nSPS) is 25.4. The van der Waals surface area contributed by atoms with E-state index in [0.717, 1.165) is 25.2 Å². The fraction of sp³-hybridized carbons (Fsp3) is 0.600. The third kappa shape index (κ3) is 3.34. The van der Waals surface area contributed by atoms with E-state index in [-0.39, 0.29) is 5.56 Å². The van der Waals surface area contributed by atoms with Gasteiger partial charge in [-0.05, 0) is 38.2 Å². The summed E-state index contributed by atoms with van der Waals surface area (Å²) in [5.41, 5.74) is 6.31. The van der Waals surface area contributed by atoms with E-state index in [1.807, 2.05) is 0 Å². The third-order valence-corrected chi connectivity index (χ3v) is 4.12. The van der Waals surface area contributed by atoms with Crippen molar-refractivity contribution in [1.29, 1.82) is 0 Å². The Kier molecular flexibility index (Phi) is 4.73. The smallest absolute Gasteiger partial charge is 0.128 e. The summed E-state index contributed by atoms with van der Waals surface area (Å²) < 4.78 is 26.9. The molecule has 0 spiro atoms. The van der Waals surface area contributed by atoms with E-state index >= 15 is 0 Å². The van der Waals surface area contributed by atoms with Crippen molar-refractivity contribution in [3.05, 3.63) is 35.4 Å². The lowest BCUT2D eigenvalue weighted by Crippen LogP contribution is -2.36. The van der Waals surface area contributed by atoms with Crippen LogP contribution in [0.4, 0.5) is 8.78 Å². The van der Waals surface area contributed by atoms with E-state index in [2.05, 4.69) is 30.8 Å². The van der Waals surface area contributed by atoms with Crippen LogP contribution in [0.5, 0.6) is 0 Å². The van der Waals surface area contributed by atoms with Crippen LogP contribution in [0.15, 0.2) is 18.2 Å². The molecule has 1 aliphatic rings. The Labute approximate surface area is 119 Å². The van der Waals surface area contributed by atoms with Gasteiger partial charge in [0.25, 0.3) is 0 Å². The van der Waals surface area contributed by atoms with Crippen LogP contribution in [0.2, 0.25) is 0 Å². The average Bonchev–Trinajstić information content (AvgIpc) is 2.73. The standard InChI is InChI=1S/C15H23F2N3/c1-10-7-20(9-15(10)19(2)3)8-14(18)12-6-11(16)4-5-13(12)17/h4-6,10,14-15H,7-9,18H2,1-3H3. The molecule has 0 aromatic heterocycles. The van der Waals surface area contributed by atoms with Crippen LogP contribution in [0, 0.1) is 17.6 Å². The van der Waals surface area contributed by atoms with Crippen molar-refractivity contribution in [3.63, 3.8) is 0 Å². The Morgan fingerprint density at radius 2 is 2.05 bits per heavy atom. The molecule has 0 saturated carbocycles. The van der Waals surface area contributed by atoms with E-state index in [9.17, 15) is 8.78 Å². The second-order valence-corrected chi connectivity index (χ2v) is 6.00. The fourth-order valence-corrected chi connectivity index (χ4v) is 3.04. The van der Waals surface area contributed by atoms with Gasteiger partial charge in [0.2, 0.25) is 0 Å². The molecule has 3 unspecified atom stereocenters. The van der Waals surface area contributed by atoms with Crippen molar-refractivity contribution >= 4 is 0 Å². The Bertz CT molecular complexity index is 464. The minimum absolute atomic E-state index is 0.256. The Balaban J connectivity index is 2.02. The van der Waals surface area contributed by atoms with E-state index in [1.54, 1.807) is 0 Å². The molecule has 0 radical (unpaired) electrons. The van der Waals surface area contributed by atoms with Gasteiger partial charge in [-0.25, -0.2) is 8.78 Å². The van der Waals surface area contributed by atoms with Gasteiger partial charge in [0.1, 0.15) is 11.6 Å². The molecule has 2 rings (SSSR count). The molecular weight excluding hydrogens is 260 g/mol. The summed E-state index contributed by atoms with van der Waals surface area (Å²) >= 11 is 0. The lowest BCUT2D eigenvalue weighted by molar-refractivity contribution is 0.248. The van der Waals surface area contributed by atoms with E-state index in [4.69, 9.17) is 5.73 Å². The second-order valence-electron chi connectivity index (χ2n) is 6.00. The molecule has 3 nitrogen and oxygen atoms in total. The molecule has 3 atom stereocenters. The number of likely N-dealkylation sites (tertiary alicyclic amines) is 1. The predicted octanol–water partition coefficient (Wildman–Crippen LogP) is 1.85. The summed E-state index contributed by atoms with van der Waals surface area (Å²) in [6.07, 6.45) is 0. The van der Waals surface area contributed by atoms with Gasteiger partial charge in [-0.2, -0.15) is 0 Å². The first-order chi connectivity index (χ1) is 9.38. The van der Waals surface area contributed by atoms with Crippen LogP contribution in [-0.4, -0.2) is 49.6 Å². The third-order valence-electron chi connectivity index (χ3n) is 4.12. The number of halogens is 2. The van der Waals surface area contributed by atoms with Crippen molar-refractivity contribution in [1.82, 2.24) is 9.80 Å². The molecule has 5 heteroatoms. The monoisotopic (exact) mass is 283 g/mol. The summed E-state index contributed by atoms with van der Waals surface area (Å²) in [4.78, 5) is 4.43. The maximum atomic E-state index is 13.7. The van der Waals surface area contributed by atoms with E-state index < -0.39 is 17.7 Å². The van der Waals surface area contributed by atoms with Crippen molar-refractivity contribution < 1.29 is 8.78 Å². The number of nitrogens with two attached hydrogens (primary N) is 1. The Morgan fingerprint density at radius 1 is 1.35 bits per heavy atom. The lowest BCUT2D eigenvalue weighted by Gasteiger charge is -2.24. The number of hydrogen-bond donors (Lipinski definition) is 1. The first-order valence-electron chi connectivity index (χ1n) is 6.97. The molecule has 20 heavy (non-hydrogen) atoms. The topological polar surface area (TPSA) is 32.5 Å². The summed E-state index contributed by atoms with van der Waals surface area (Å²) in [6.45, 7) is 4.61. The van der Waals surface area contributed by atoms with Gasteiger partial charge in [-0.1, -0.05) is 6.92 Å². The van der Waals surface area contributed by atoms with Crippen LogP contribution >= 0.6 is 0 Å². The first-order valence-corrected chi connectivity index (χ1v) is 6.97. The zero-order valence-electron chi connectivity index (χ0n) is 12.3. The van der Waals surface area contributed by atoms with Gasteiger partial charge >= 0.3 is 0 Å². The van der Waals surface area contributed by atoms with Gasteiger partial charge in [0.05, 0.1) is 0 Å². The molecule has 1 aliphatic heterocycles. The zero-order chi connectivity index (χ0) is 14.9. The lowest BCUT2D eigenvalue weighted by atomic mass is 10.1. The van der Waals surface area contributed by atoms with Crippen LogP contribution in [0.3, 0.4) is 0 Å². The highest BCUT2D eigenvalue weighted by Gasteiger charge is 2.31. The van der Waals surface area contributed by atoms with Crippen LogP contribution in [-0.2, 0) is 0 Å². The minimum atomic E-state index is -0.501.